The Bertz CT molecular complexity index is 3290. The molecular weight excluding hydrogens is 749 g/mol. The van der Waals surface area contributed by atoms with Crippen molar-refractivity contribution in [2.75, 3.05) is 0 Å². The minimum absolute atomic E-state index is 0.0966. The summed E-state index contributed by atoms with van der Waals surface area (Å²) >= 11 is 0. The van der Waals surface area contributed by atoms with Gasteiger partial charge in [0.1, 0.15) is 0 Å². The molecule has 0 saturated carbocycles. The number of hydrogen-bond acceptors (Lipinski definition) is 1. The second-order valence-corrected chi connectivity index (χ2v) is 17.7. The third-order valence-electron chi connectivity index (χ3n) is 13.9. The molecule has 9 aromatic carbocycles. The van der Waals surface area contributed by atoms with Crippen LogP contribution in [0, 0.1) is 0 Å². The van der Waals surface area contributed by atoms with E-state index in [1.54, 1.807) is 0 Å². The first-order valence-corrected chi connectivity index (χ1v) is 21.9. The van der Waals surface area contributed by atoms with E-state index in [2.05, 4.69) is 236 Å². The maximum Gasteiger partial charge on any atom is 0.0714 e. The van der Waals surface area contributed by atoms with Gasteiger partial charge in [0.25, 0.3) is 0 Å². The first kappa shape index (κ1) is 36.6. The molecule has 296 valence electrons. The summed E-state index contributed by atoms with van der Waals surface area (Å²) in [7, 11) is 0. The van der Waals surface area contributed by atoms with Crippen LogP contribution in [0.1, 0.15) is 58.4 Å². The van der Waals surface area contributed by atoms with Crippen LogP contribution in [-0.2, 0) is 23.9 Å². The van der Waals surface area contributed by atoms with Crippen LogP contribution in [0.4, 0.5) is 0 Å². The molecule has 0 atom stereocenters. The second kappa shape index (κ2) is 14.2. The third kappa shape index (κ3) is 5.46. The molecule has 62 heavy (non-hydrogen) atoms. The molecule has 1 heterocycles. The molecule has 0 unspecified atom stereocenters. The highest BCUT2D eigenvalue weighted by Crippen LogP contribution is 2.57. The smallest absolute Gasteiger partial charge is 0.0714 e. The quantitative estimate of drug-likeness (QED) is 0.162. The normalized spacial score (nSPS) is 14.1. The van der Waals surface area contributed by atoms with Crippen LogP contribution >= 0.6 is 0 Å². The fourth-order valence-corrected chi connectivity index (χ4v) is 11.0. The first-order chi connectivity index (χ1) is 30.5. The number of hydrogen-bond donors (Lipinski definition) is 1. The van der Waals surface area contributed by atoms with E-state index in [1.807, 2.05) is 0 Å². The monoisotopic (exact) mass is 794 g/mol. The fraction of sp³-hybridized carbons (Fsp3) is 0.100. The van der Waals surface area contributed by atoms with Gasteiger partial charge >= 0.3 is 0 Å². The maximum atomic E-state index is 3.72. The van der Waals surface area contributed by atoms with Gasteiger partial charge in [0, 0.05) is 35.0 Å². The molecule has 2 nitrogen and oxygen atoms in total. The Hall–Kier alpha value is -7.26. The van der Waals surface area contributed by atoms with E-state index in [-0.39, 0.29) is 5.41 Å². The van der Waals surface area contributed by atoms with Gasteiger partial charge in [-0.2, -0.15) is 0 Å². The molecule has 0 saturated heterocycles. The van der Waals surface area contributed by atoms with Gasteiger partial charge in [-0.15, -0.1) is 0 Å². The SMILES string of the molecule is CC1(C)c2ccccc2-c2cc3c(cc21)c1ccc(C2(c4ccccc4)c4ccccc4-c4ccccc42)cc1n3-c1ccc(CNCc2cccc(-c3ccccc3)c2)cc1. The van der Waals surface area contributed by atoms with Crippen molar-refractivity contribution < 1.29 is 0 Å². The van der Waals surface area contributed by atoms with Gasteiger partial charge in [-0.1, -0.05) is 190 Å². The summed E-state index contributed by atoms with van der Waals surface area (Å²) in [6.07, 6.45) is 0. The van der Waals surface area contributed by atoms with Gasteiger partial charge in [0.2, 0.25) is 0 Å². The van der Waals surface area contributed by atoms with Gasteiger partial charge in [-0.3, -0.25) is 0 Å². The molecule has 0 bridgehead atoms. The van der Waals surface area contributed by atoms with Crippen molar-refractivity contribution in [2.24, 2.45) is 0 Å². The summed E-state index contributed by atoms with van der Waals surface area (Å²) in [5.74, 6) is 0. The van der Waals surface area contributed by atoms with Crippen LogP contribution in [0.2, 0.25) is 0 Å². The van der Waals surface area contributed by atoms with Crippen LogP contribution in [0.3, 0.4) is 0 Å². The standard InChI is InChI=1S/C60H46N2/c1-59(2)53-25-12-9-24-49(53)51-37-58-52(36-56(51)59)50-33-30-45(60(44-20-7-4-8-21-44)54-26-13-10-22-47(54)48-23-11-14-27-55(48)60)35-57(50)62(58)46-31-28-40(29-32-46)38-61-39-41-16-15-19-43(34-41)42-17-5-3-6-18-42/h3-37,61H,38-39H2,1-2H3. The molecule has 0 fully saturated rings. The topological polar surface area (TPSA) is 17.0 Å². The number of benzene rings is 9. The summed E-state index contributed by atoms with van der Waals surface area (Å²) in [4.78, 5) is 0. The van der Waals surface area contributed by atoms with E-state index in [9.17, 15) is 0 Å². The molecule has 0 radical (unpaired) electrons. The van der Waals surface area contributed by atoms with Crippen molar-refractivity contribution in [3.63, 3.8) is 0 Å². The average Bonchev–Trinajstić information content (AvgIpc) is 3.90. The molecular formula is C60H46N2. The average molecular weight is 795 g/mol. The molecule has 2 aliphatic carbocycles. The predicted octanol–water partition coefficient (Wildman–Crippen LogP) is 14.4. The molecule has 10 aromatic rings. The Morgan fingerprint density at radius 3 is 1.68 bits per heavy atom. The Morgan fingerprint density at radius 2 is 0.968 bits per heavy atom. The van der Waals surface area contributed by atoms with E-state index >= 15 is 0 Å². The van der Waals surface area contributed by atoms with Gasteiger partial charge in [-0.05, 0) is 114 Å². The van der Waals surface area contributed by atoms with Crippen molar-refractivity contribution in [1.82, 2.24) is 9.88 Å². The Kier molecular flexibility index (Phi) is 8.36. The highest BCUT2D eigenvalue weighted by Gasteiger charge is 2.46. The van der Waals surface area contributed by atoms with Crippen molar-refractivity contribution >= 4 is 21.8 Å². The van der Waals surface area contributed by atoms with E-state index < -0.39 is 5.41 Å². The fourth-order valence-electron chi connectivity index (χ4n) is 11.0. The lowest BCUT2D eigenvalue weighted by molar-refractivity contribution is 0.661. The van der Waals surface area contributed by atoms with E-state index in [1.165, 1.54) is 99.7 Å². The molecule has 2 heteroatoms. The molecule has 0 amide bonds. The lowest BCUT2D eigenvalue weighted by Gasteiger charge is -2.34. The van der Waals surface area contributed by atoms with Crippen LogP contribution < -0.4 is 5.32 Å². The molecule has 1 N–H and O–H groups in total. The summed E-state index contributed by atoms with van der Waals surface area (Å²) in [6.45, 7) is 6.35. The number of fused-ring (bicyclic) bond motifs is 9. The Balaban J connectivity index is 1.01. The van der Waals surface area contributed by atoms with Crippen molar-refractivity contribution in [3.05, 3.63) is 257 Å². The largest absolute Gasteiger partial charge is 0.309 e. The van der Waals surface area contributed by atoms with Crippen LogP contribution in [0.25, 0.3) is 60.9 Å². The summed E-state index contributed by atoms with van der Waals surface area (Å²) in [5, 5.41) is 6.28. The minimum atomic E-state index is -0.483. The van der Waals surface area contributed by atoms with Crippen molar-refractivity contribution in [1.29, 1.82) is 0 Å². The number of aromatic nitrogens is 1. The molecule has 0 spiro atoms. The zero-order valence-corrected chi connectivity index (χ0v) is 35.1. The van der Waals surface area contributed by atoms with Crippen LogP contribution in [-0.4, -0.2) is 4.57 Å². The van der Waals surface area contributed by atoms with Gasteiger partial charge in [0.05, 0.1) is 16.4 Å². The molecule has 1 aromatic heterocycles. The van der Waals surface area contributed by atoms with Crippen molar-refractivity contribution in [2.45, 2.75) is 37.8 Å². The maximum absolute atomic E-state index is 3.72. The molecule has 2 aliphatic rings. The summed E-state index contributed by atoms with van der Waals surface area (Å²) in [5.41, 5.74) is 21.3. The molecule has 12 rings (SSSR count). The highest BCUT2D eigenvalue weighted by atomic mass is 15.0. The summed E-state index contributed by atoms with van der Waals surface area (Å²) in [6, 6.07) is 79.2. The van der Waals surface area contributed by atoms with Crippen LogP contribution in [0.5, 0.6) is 0 Å². The number of nitrogens with one attached hydrogen (secondary N) is 1. The lowest BCUT2D eigenvalue weighted by atomic mass is 9.67. The first-order valence-electron chi connectivity index (χ1n) is 21.9. The number of nitrogens with zero attached hydrogens (tertiary/aromatic N) is 1. The summed E-state index contributed by atoms with van der Waals surface area (Å²) < 4.78 is 2.53. The Morgan fingerprint density at radius 1 is 0.387 bits per heavy atom. The van der Waals surface area contributed by atoms with E-state index in [4.69, 9.17) is 0 Å². The van der Waals surface area contributed by atoms with Gasteiger partial charge < -0.3 is 9.88 Å². The van der Waals surface area contributed by atoms with Crippen molar-refractivity contribution in [3.8, 4) is 39.1 Å². The third-order valence-corrected chi connectivity index (χ3v) is 13.9. The predicted molar refractivity (Wildman–Crippen MR) is 258 cm³/mol. The van der Waals surface area contributed by atoms with E-state index in [0.717, 1.165) is 18.8 Å². The lowest BCUT2D eigenvalue weighted by Crippen LogP contribution is -2.28. The number of rotatable bonds is 8. The van der Waals surface area contributed by atoms with Gasteiger partial charge in [-0.25, -0.2) is 0 Å². The van der Waals surface area contributed by atoms with E-state index in [0.29, 0.717) is 0 Å². The Labute approximate surface area is 363 Å². The second-order valence-electron chi connectivity index (χ2n) is 17.7. The van der Waals surface area contributed by atoms with Crippen LogP contribution in [0.15, 0.2) is 212 Å². The zero-order valence-electron chi connectivity index (χ0n) is 35.1. The van der Waals surface area contributed by atoms with Gasteiger partial charge in [0.15, 0.2) is 0 Å². The highest BCUT2D eigenvalue weighted by molar-refractivity contribution is 6.12. The molecule has 0 aliphatic heterocycles. The zero-order chi connectivity index (χ0) is 41.4. The minimum Gasteiger partial charge on any atom is -0.309 e.